The maximum Gasteiger partial charge on any atom is 0.323 e. The van der Waals surface area contributed by atoms with Crippen molar-refractivity contribution in [2.45, 2.75) is 57.2 Å². The van der Waals surface area contributed by atoms with Crippen molar-refractivity contribution in [1.82, 2.24) is 30.6 Å². The van der Waals surface area contributed by atoms with Gasteiger partial charge in [-0.3, -0.25) is 5.32 Å². The second-order valence-electron chi connectivity index (χ2n) is 8.32. The van der Waals surface area contributed by atoms with Crippen LogP contribution >= 0.6 is 11.3 Å². The molecule has 0 radical (unpaired) electrons. The second kappa shape index (κ2) is 8.62. The summed E-state index contributed by atoms with van der Waals surface area (Å²) in [5, 5.41) is 25.0. The Hall–Kier alpha value is -2.79. The molecular weight excluding hydrogens is 436 g/mol. The van der Waals surface area contributed by atoms with Gasteiger partial charge in [-0.25, -0.2) is 13.6 Å². The van der Waals surface area contributed by atoms with Gasteiger partial charge in [-0.05, 0) is 56.9 Å². The van der Waals surface area contributed by atoms with Gasteiger partial charge in [-0.1, -0.05) is 11.3 Å². The number of amides is 2. The van der Waals surface area contributed by atoms with Crippen LogP contribution in [0.5, 0.6) is 0 Å². The molecule has 2 saturated heterocycles. The smallest absolute Gasteiger partial charge is 0.318 e. The Labute approximate surface area is 187 Å². The van der Waals surface area contributed by atoms with Crippen molar-refractivity contribution in [3.63, 3.8) is 0 Å². The molecule has 2 bridgehead atoms. The number of nitrogens with one attached hydrogen (secondary N) is 2. The van der Waals surface area contributed by atoms with E-state index < -0.39 is 6.43 Å². The molecule has 2 fully saturated rings. The number of rotatable bonds is 5. The van der Waals surface area contributed by atoms with Gasteiger partial charge >= 0.3 is 6.03 Å². The van der Waals surface area contributed by atoms with Crippen molar-refractivity contribution in [2.24, 2.45) is 0 Å². The quantitative estimate of drug-likeness (QED) is 0.602. The minimum Gasteiger partial charge on any atom is -0.318 e. The zero-order chi connectivity index (χ0) is 22.2. The van der Waals surface area contributed by atoms with Gasteiger partial charge in [0.15, 0.2) is 5.82 Å². The maximum atomic E-state index is 13.0. The molecule has 0 aliphatic carbocycles. The molecule has 2 N–H and O–H groups in total. The third-order valence-corrected chi connectivity index (χ3v) is 7.01. The number of aromatic nitrogens is 4. The highest BCUT2D eigenvalue weighted by Gasteiger charge is 2.43. The van der Waals surface area contributed by atoms with Crippen molar-refractivity contribution < 1.29 is 13.6 Å². The number of benzene rings is 1. The van der Waals surface area contributed by atoms with E-state index in [4.69, 9.17) is 0 Å². The van der Waals surface area contributed by atoms with Crippen LogP contribution in [0.15, 0.2) is 24.3 Å². The van der Waals surface area contributed by atoms with Crippen molar-refractivity contribution in [3.8, 4) is 10.6 Å². The Kier molecular flexibility index (Phi) is 5.68. The van der Waals surface area contributed by atoms with Crippen LogP contribution in [-0.2, 0) is 0 Å². The van der Waals surface area contributed by atoms with E-state index in [9.17, 15) is 13.6 Å². The number of carbonyl (C=O) groups is 1. The van der Waals surface area contributed by atoms with Crippen LogP contribution in [0, 0.1) is 6.92 Å². The van der Waals surface area contributed by atoms with Crippen molar-refractivity contribution >= 4 is 34.1 Å². The Morgan fingerprint density at radius 3 is 2.62 bits per heavy atom. The first kappa shape index (κ1) is 21.1. The SMILES string of the molecule is Cc1nnc(-c2ccc3nnc(NC(=O)N4[C@@H]5CC[C@H]4C[C@H](NCC(F)F)C5)cc3c2)s1. The third kappa shape index (κ3) is 4.26. The van der Waals surface area contributed by atoms with E-state index >= 15 is 0 Å². The lowest BCUT2D eigenvalue weighted by Crippen LogP contribution is -2.53. The first-order valence-electron chi connectivity index (χ1n) is 10.6. The zero-order valence-corrected chi connectivity index (χ0v) is 18.3. The Balaban J connectivity index is 1.29. The first-order valence-corrected chi connectivity index (χ1v) is 11.5. The molecule has 168 valence electrons. The summed E-state index contributed by atoms with van der Waals surface area (Å²) in [5.74, 6) is 0.380. The number of halogens is 2. The number of carbonyl (C=O) groups excluding carboxylic acids is 1. The lowest BCUT2D eigenvalue weighted by molar-refractivity contribution is 0.115. The highest BCUT2D eigenvalue weighted by molar-refractivity contribution is 7.14. The summed E-state index contributed by atoms with van der Waals surface area (Å²) < 4.78 is 25.0. The van der Waals surface area contributed by atoms with Gasteiger partial charge in [0.2, 0.25) is 0 Å². The van der Waals surface area contributed by atoms with E-state index in [1.165, 1.54) is 11.3 Å². The van der Waals surface area contributed by atoms with E-state index in [1.807, 2.05) is 30.0 Å². The van der Waals surface area contributed by atoms with E-state index in [-0.39, 0.29) is 30.7 Å². The molecule has 2 aliphatic heterocycles. The molecule has 0 spiro atoms. The standard InChI is InChI=1S/C21H23F2N7OS/c1-11-26-29-20(32-11)12-2-5-17-13(6-12)7-19(28-27-17)25-21(31)30-15-3-4-16(30)9-14(8-15)24-10-18(22)23/h2,5-7,14-16,18,24H,3-4,8-10H2,1H3,(H,25,28,31)/t14-,15-,16+. The van der Waals surface area contributed by atoms with Gasteiger partial charge < -0.3 is 10.2 Å². The predicted octanol–water partition coefficient (Wildman–Crippen LogP) is 3.84. The Bertz CT molecular complexity index is 1130. The van der Waals surface area contributed by atoms with Crippen LogP contribution in [0.4, 0.5) is 19.4 Å². The molecule has 2 aliphatic rings. The van der Waals surface area contributed by atoms with Gasteiger partial charge in [-0.2, -0.15) is 0 Å². The molecule has 2 aromatic heterocycles. The summed E-state index contributed by atoms with van der Waals surface area (Å²) in [5.41, 5.74) is 1.66. The average Bonchev–Trinajstić information content (AvgIpc) is 3.32. The molecule has 1 aromatic carbocycles. The monoisotopic (exact) mass is 459 g/mol. The van der Waals surface area contributed by atoms with Crippen LogP contribution in [0.1, 0.15) is 30.7 Å². The van der Waals surface area contributed by atoms with Crippen molar-refractivity contribution in [3.05, 3.63) is 29.3 Å². The number of urea groups is 1. The number of alkyl halides is 2. The molecule has 5 rings (SSSR count). The molecule has 3 atom stereocenters. The Morgan fingerprint density at radius 2 is 1.94 bits per heavy atom. The van der Waals surface area contributed by atoms with Gasteiger partial charge in [0.25, 0.3) is 6.43 Å². The van der Waals surface area contributed by atoms with Crippen LogP contribution in [0.25, 0.3) is 21.5 Å². The fourth-order valence-electron chi connectivity index (χ4n) is 4.76. The predicted molar refractivity (Wildman–Crippen MR) is 118 cm³/mol. The van der Waals surface area contributed by atoms with E-state index in [2.05, 4.69) is 31.0 Å². The van der Waals surface area contributed by atoms with Gasteiger partial charge in [-0.15, -0.1) is 20.4 Å². The average molecular weight is 460 g/mol. The van der Waals surface area contributed by atoms with E-state index in [1.54, 1.807) is 6.07 Å². The summed E-state index contributed by atoms with van der Waals surface area (Å²) in [6.45, 7) is 1.60. The van der Waals surface area contributed by atoms with Crippen LogP contribution in [0.2, 0.25) is 0 Å². The number of nitrogens with zero attached hydrogens (tertiary/aromatic N) is 5. The van der Waals surface area contributed by atoms with Crippen LogP contribution in [0.3, 0.4) is 0 Å². The van der Waals surface area contributed by atoms with Crippen LogP contribution in [-0.4, -0.2) is 62.4 Å². The summed E-state index contributed by atoms with van der Waals surface area (Å²) in [4.78, 5) is 14.9. The number of fused-ring (bicyclic) bond motifs is 3. The molecule has 32 heavy (non-hydrogen) atoms. The molecule has 2 amide bonds. The minimum absolute atomic E-state index is 0.0217. The molecule has 0 unspecified atom stereocenters. The fraction of sp³-hybridized carbons (Fsp3) is 0.476. The largest absolute Gasteiger partial charge is 0.323 e. The maximum absolute atomic E-state index is 13.0. The number of hydrogen-bond donors (Lipinski definition) is 2. The molecule has 8 nitrogen and oxygen atoms in total. The van der Waals surface area contributed by atoms with Crippen molar-refractivity contribution in [1.29, 1.82) is 0 Å². The van der Waals surface area contributed by atoms with E-state index in [0.717, 1.165) is 39.3 Å². The number of hydrogen-bond acceptors (Lipinski definition) is 7. The normalized spacial score (nSPS) is 22.6. The molecule has 11 heteroatoms. The third-order valence-electron chi connectivity index (χ3n) is 6.12. The summed E-state index contributed by atoms with van der Waals surface area (Å²) in [7, 11) is 0. The lowest BCUT2D eigenvalue weighted by atomic mass is 9.97. The number of aryl methyl sites for hydroxylation is 1. The number of anilines is 1. The summed E-state index contributed by atoms with van der Waals surface area (Å²) >= 11 is 1.51. The van der Waals surface area contributed by atoms with E-state index in [0.29, 0.717) is 18.7 Å². The Morgan fingerprint density at radius 1 is 1.16 bits per heavy atom. The number of piperidine rings is 1. The zero-order valence-electron chi connectivity index (χ0n) is 17.5. The summed E-state index contributed by atoms with van der Waals surface area (Å²) in [6.07, 6.45) is 0.782. The van der Waals surface area contributed by atoms with Crippen LogP contribution < -0.4 is 10.6 Å². The van der Waals surface area contributed by atoms with Gasteiger partial charge in [0.05, 0.1) is 12.1 Å². The minimum atomic E-state index is -2.36. The molecular formula is C21H23F2N7OS. The van der Waals surface area contributed by atoms with Gasteiger partial charge in [0, 0.05) is 29.1 Å². The molecule has 4 heterocycles. The topological polar surface area (TPSA) is 95.9 Å². The molecule has 0 saturated carbocycles. The molecule has 3 aromatic rings. The lowest BCUT2D eigenvalue weighted by Gasteiger charge is -2.39. The first-order chi connectivity index (χ1) is 15.5. The second-order valence-corrected chi connectivity index (χ2v) is 9.50. The highest BCUT2D eigenvalue weighted by Crippen LogP contribution is 2.36. The van der Waals surface area contributed by atoms with Gasteiger partial charge in [0.1, 0.15) is 10.0 Å². The van der Waals surface area contributed by atoms with Crippen molar-refractivity contribution in [2.75, 3.05) is 11.9 Å². The summed E-state index contributed by atoms with van der Waals surface area (Å²) in [6, 6.07) is 7.47. The highest BCUT2D eigenvalue weighted by atomic mass is 32.1. The fourth-order valence-corrected chi connectivity index (χ4v) is 5.45.